The van der Waals surface area contributed by atoms with E-state index >= 15 is 0 Å². The predicted molar refractivity (Wildman–Crippen MR) is 124 cm³/mol. The monoisotopic (exact) mass is 474 g/mol. The average molecular weight is 475 g/mol. The van der Waals surface area contributed by atoms with Gasteiger partial charge in [-0.3, -0.25) is 4.79 Å². The number of rotatable bonds is 5. The third-order valence-corrected chi connectivity index (χ3v) is 5.68. The molecule has 0 bridgehead atoms. The maximum absolute atomic E-state index is 13.3. The van der Waals surface area contributed by atoms with Crippen LogP contribution in [0.1, 0.15) is 30.6 Å². The summed E-state index contributed by atoms with van der Waals surface area (Å²) in [5.74, 6) is 0.504. The van der Waals surface area contributed by atoms with Crippen LogP contribution in [0.4, 0.5) is 24.5 Å². The molecule has 0 unspecified atom stereocenters. The Kier molecular flexibility index (Phi) is 6.79. The van der Waals surface area contributed by atoms with Crippen molar-refractivity contribution in [2.75, 3.05) is 23.3 Å². The molecule has 0 saturated carbocycles. The number of halogens is 4. The zero-order valence-electron chi connectivity index (χ0n) is 17.7. The minimum atomic E-state index is -4.50. The number of piperidine rings is 1. The lowest BCUT2D eigenvalue weighted by Crippen LogP contribution is -2.30. The molecule has 1 aromatic heterocycles. The van der Waals surface area contributed by atoms with E-state index in [9.17, 15) is 18.0 Å². The molecular formula is C25H22ClF3N2O2. The van der Waals surface area contributed by atoms with E-state index in [1.807, 2.05) is 17.0 Å². The number of carbonyl (C=O) groups is 1. The summed E-state index contributed by atoms with van der Waals surface area (Å²) in [7, 11) is 0. The Bertz CT molecular complexity index is 1150. The Labute approximate surface area is 194 Å². The number of anilines is 2. The highest BCUT2D eigenvalue weighted by Crippen LogP contribution is 2.36. The second kappa shape index (κ2) is 9.75. The van der Waals surface area contributed by atoms with Crippen molar-refractivity contribution in [3.8, 4) is 11.3 Å². The Morgan fingerprint density at radius 1 is 1.00 bits per heavy atom. The van der Waals surface area contributed by atoms with Crippen molar-refractivity contribution in [3.05, 3.63) is 77.0 Å². The third kappa shape index (κ3) is 5.79. The fourth-order valence-electron chi connectivity index (χ4n) is 3.77. The Morgan fingerprint density at radius 2 is 1.73 bits per heavy atom. The second-order valence-corrected chi connectivity index (χ2v) is 8.25. The van der Waals surface area contributed by atoms with Crippen LogP contribution in [0.2, 0.25) is 5.02 Å². The van der Waals surface area contributed by atoms with Crippen LogP contribution in [0.3, 0.4) is 0 Å². The highest BCUT2D eigenvalue weighted by atomic mass is 35.5. The van der Waals surface area contributed by atoms with Crippen molar-refractivity contribution in [2.24, 2.45) is 0 Å². The van der Waals surface area contributed by atoms with E-state index < -0.39 is 17.6 Å². The van der Waals surface area contributed by atoms with Crippen LogP contribution in [0.25, 0.3) is 17.4 Å². The molecule has 1 amide bonds. The van der Waals surface area contributed by atoms with Crippen LogP contribution in [0.15, 0.2) is 65.1 Å². The van der Waals surface area contributed by atoms with Crippen LogP contribution < -0.4 is 10.2 Å². The van der Waals surface area contributed by atoms with Gasteiger partial charge in [-0.25, -0.2) is 0 Å². The molecule has 33 heavy (non-hydrogen) atoms. The first-order chi connectivity index (χ1) is 15.8. The lowest BCUT2D eigenvalue weighted by molar-refractivity contribution is -0.137. The van der Waals surface area contributed by atoms with Gasteiger partial charge in [-0.1, -0.05) is 11.6 Å². The van der Waals surface area contributed by atoms with Crippen LogP contribution >= 0.6 is 11.6 Å². The van der Waals surface area contributed by atoms with Crippen LogP contribution in [0.5, 0.6) is 0 Å². The van der Waals surface area contributed by atoms with E-state index in [2.05, 4.69) is 5.32 Å². The molecule has 1 N–H and O–H groups in total. The second-order valence-electron chi connectivity index (χ2n) is 7.81. The molecule has 2 heterocycles. The summed E-state index contributed by atoms with van der Waals surface area (Å²) in [5, 5.41) is 3.22. The van der Waals surface area contributed by atoms with Crippen molar-refractivity contribution in [1.82, 2.24) is 0 Å². The number of nitrogens with one attached hydrogen (secondary N) is 1. The largest absolute Gasteiger partial charge is 0.457 e. The zero-order valence-corrected chi connectivity index (χ0v) is 18.4. The molecule has 4 rings (SSSR count). The minimum Gasteiger partial charge on any atom is -0.457 e. The SMILES string of the molecule is O=C(C=Cc1ccc(-c2ccc(Cl)cc2)o1)Nc1cc(C(F)(F)F)ccc1N1CCCCC1. The highest BCUT2D eigenvalue weighted by molar-refractivity contribution is 6.30. The molecule has 8 heteroatoms. The molecule has 1 fully saturated rings. The van der Waals surface area contributed by atoms with Crippen LogP contribution in [0, 0.1) is 0 Å². The van der Waals surface area contributed by atoms with E-state index in [1.165, 1.54) is 18.2 Å². The van der Waals surface area contributed by atoms with E-state index in [0.29, 0.717) is 22.2 Å². The molecule has 0 radical (unpaired) electrons. The quantitative estimate of drug-likeness (QED) is 0.396. The normalized spacial score (nSPS) is 14.6. The van der Waals surface area contributed by atoms with E-state index in [-0.39, 0.29) is 5.69 Å². The number of benzene rings is 2. The van der Waals surface area contributed by atoms with Crippen molar-refractivity contribution < 1.29 is 22.4 Å². The van der Waals surface area contributed by atoms with E-state index in [4.69, 9.17) is 16.0 Å². The van der Waals surface area contributed by atoms with Crippen molar-refractivity contribution >= 4 is 35.0 Å². The number of carbonyl (C=O) groups excluding carboxylic acids is 1. The molecule has 1 aliphatic rings. The summed E-state index contributed by atoms with van der Waals surface area (Å²) in [6, 6.07) is 14.1. The smallest absolute Gasteiger partial charge is 0.416 e. The van der Waals surface area contributed by atoms with Gasteiger partial charge < -0.3 is 14.6 Å². The van der Waals surface area contributed by atoms with Gasteiger partial charge >= 0.3 is 6.18 Å². The van der Waals surface area contributed by atoms with Gasteiger partial charge in [0.1, 0.15) is 11.5 Å². The molecule has 1 saturated heterocycles. The van der Waals surface area contributed by atoms with Crippen LogP contribution in [-0.2, 0) is 11.0 Å². The molecule has 1 aliphatic heterocycles. The maximum atomic E-state index is 13.3. The summed E-state index contributed by atoms with van der Waals surface area (Å²) < 4.78 is 45.5. The van der Waals surface area contributed by atoms with Gasteiger partial charge in [-0.15, -0.1) is 0 Å². The fraction of sp³-hybridized carbons (Fsp3) is 0.240. The topological polar surface area (TPSA) is 45.5 Å². The van der Waals surface area contributed by atoms with Gasteiger partial charge in [0.05, 0.1) is 16.9 Å². The standard InChI is InChI=1S/C25H22ClF3N2O2/c26-19-7-4-17(5-8-19)23-12-9-20(33-23)10-13-24(32)30-21-16-18(25(27,28)29)6-11-22(21)31-14-2-1-3-15-31/h4-13,16H,1-3,14-15H2,(H,30,32). The van der Waals surface area contributed by atoms with E-state index in [0.717, 1.165) is 50.0 Å². The molecule has 4 nitrogen and oxygen atoms in total. The highest BCUT2D eigenvalue weighted by Gasteiger charge is 2.31. The first kappa shape index (κ1) is 23.0. The third-order valence-electron chi connectivity index (χ3n) is 5.43. The first-order valence-corrected chi connectivity index (χ1v) is 11.0. The minimum absolute atomic E-state index is 0.141. The molecule has 0 aliphatic carbocycles. The molecule has 2 aromatic carbocycles. The summed E-state index contributed by atoms with van der Waals surface area (Å²) in [4.78, 5) is 14.5. The van der Waals surface area contributed by atoms with Gasteiger partial charge in [-0.2, -0.15) is 13.2 Å². The number of nitrogens with zero attached hydrogens (tertiary/aromatic N) is 1. The summed E-state index contributed by atoms with van der Waals surface area (Å²) in [6.45, 7) is 1.48. The van der Waals surface area contributed by atoms with Crippen molar-refractivity contribution in [3.63, 3.8) is 0 Å². The Balaban J connectivity index is 1.51. The molecular weight excluding hydrogens is 453 g/mol. The van der Waals surface area contributed by atoms with Gasteiger partial charge in [-0.05, 0) is 79.9 Å². The number of alkyl halides is 3. The summed E-state index contributed by atoms with van der Waals surface area (Å²) in [6.07, 6.45) is 1.23. The average Bonchev–Trinajstić information content (AvgIpc) is 3.27. The van der Waals surface area contributed by atoms with Crippen LogP contribution in [-0.4, -0.2) is 19.0 Å². The number of furan rings is 1. The Hall–Kier alpha value is -3.19. The molecule has 3 aromatic rings. The summed E-state index contributed by atoms with van der Waals surface area (Å²) in [5.41, 5.74) is 0.759. The zero-order chi connectivity index (χ0) is 23.4. The molecule has 172 valence electrons. The molecule has 0 spiro atoms. The first-order valence-electron chi connectivity index (χ1n) is 10.6. The van der Waals surface area contributed by atoms with Gasteiger partial charge in [0.25, 0.3) is 0 Å². The lowest BCUT2D eigenvalue weighted by Gasteiger charge is -2.31. The Morgan fingerprint density at radius 3 is 2.42 bits per heavy atom. The van der Waals surface area contributed by atoms with Gasteiger partial charge in [0.15, 0.2) is 0 Å². The van der Waals surface area contributed by atoms with Gasteiger partial charge in [0, 0.05) is 29.8 Å². The van der Waals surface area contributed by atoms with Gasteiger partial charge in [0.2, 0.25) is 5.91 Å². The number of hydrogen-bond acceptors (Lipinski definition) is 3. The molecule has 0 atom stereocenters. The predicted octanol–water partition coefficient (Wildman–Crippen LogP) is 7.26. The summed E-state index contributed by atoms with van der Waals surface area (Å²) >= 11 is 5.90. The van der Waals surface area contributed by atoms with Crippen molar-refractivity contribution in [2.45, 2.75) is 25.4 Å². The lowest BCUT2D eigenvalue weighted by atomic mass is 10.1. The van der Waals surface area contributed by atoms with Crippen molar-refractivity contribution in [1.29, 1.82) is 0 Å². The maximum Gasteiger partial charge on any atom is 0.416 e. The van der Waals surface area contributed by atoms with E-state index in [1.54, 1.807) is 24.3 Å². The number of amides is 1. The fourth-order valence-corrected chi connectivity index (χ4v) is 3.89. The number of hydrogen-bond donors (Lipinski definition) is 1.